The minimum Gasteiger partial charge on any atom is -0.326 e. The van der Waals surface area contributed by atoms with Crippen LogP contribution in [0.15, 0.2) is 54.6 Å². The van der Waals surface area contributed by atoms with Gasteiger partial charge in [-0.2, -0.15) is 0 Å². The summed E-state index contributed by atoms with van der Waals surface area (Å²) in [5.74, 6) is 0.234. The molecule has 4 nitrogen and oxygen atoms in total. The number of urea groups is 1. The molecule has 3 rings (SSSR count). The van der Waals surface area contributed by atoms with Gasteiger partial charge in [0.25, 0.3) is 0 Å². The maximum Gasteiger partial charge on any atom is 0.321 e. The molecule has 5 heteroatoms. The number of para-hydroxylation sites is 1. The van der Waals surface area contributed by atoms with Gasteiger partial charge in [-0.1, -0.05) is 41.9 Å². The van der Waals surface area contributed by atoms with Gasteiger partial charge in [0.05, 0.1) is 0 Å². The Morgan fingerprint density at radius 1 is 1.09 bits per heavy atom. The quantitative estimate of drug-likeness (QED) is 0.882. The number of hydrogen-bond acceptors (Lipinski definition) is 2. The lowest BCUT2D eigenvalue weighted by Crippen LogP contribution is -2.50. The minimum absolute atomic E-state index is 0.0223. The fourth-order valence-electron chi connectivity index (χ4n) is 3.00. The number of amides is 2. The van der Waals surface area contributed by atoms with Crippen molar-refractivity contribution in [2.24, 2.45) is 5.73 Å². The summed E-state index contributed by atoms with van der Waals surface area (Å²) >= 11 is 5.95. The van der Waals surface area contributed by atoms with E-state index >= 15 is 0 Å². The van der Waals surface area contributed by atoms with Crippen molar-refractivity contribution in [3.05, 3.63) is 65.2 Å². The smallest absolute Gasteiger partial charge is 0.321 e. The first-order valence-corrected chi connectivity index (χ1v) is 8.11. The molecular weight excluding hydrogens is 310 g/mol. The van der Waals surface area contributed by atoms with Crippen LogP contribution in [-0.2, 0) is 0 Å². The molecule has 2 unspecified atom stereocenters. The first-order chi connectivity index (χ1) is 11.1. The molecule has 0 aromatic heterocycles. The largest absolute Gasteiger partial charge is 0.326 e. The van der Waals surface area contributed by atoms with Gasteiger partial charge in [-0.3, -0.25) is 0 Å². The summed E-state index contributed by atoms with van der Waals surface area (Å²) in [5, 5.41) is 3.64. The van der Waals surface area contributed by atoms with E-state index in [9.17, 15) is 4.79 Å². The molecule has 120 valence electrons. The van der Waals surface area contributed by atoms with Crippen molar-refractivity contribution in [1.29, 1.82) is 0 Å². The number of carbonyl (C=O) groups is 1. The number of carbonyl (C=O) groups excluding carboxylic acids is 1. The minimum atomic E-state index is -0.106. The lowest BCUT2D eigenvalue weighted by Gasteiger charge is -2.36. The van der Waals surface area contributed by atoms with Crippen LogP contribution in [-0.4, -0.2) is 30.1 Å². The van der Waals surface area contributed by atoms with Crippen molar-refractivity contribution in [1.82, 2.24) is 4.90 Å². The van der Waals surface area contributed by atoms with E-state index in [1.165, 1.54) is 5.56 Å². The van der Waals surface area contributed by atoms with E-state index < -0.39 is 0 Å². The number of rotatable bonds is 2. The maximum absolute atomic E-state index is 12.5. The highest BCUT2D eigenvalue weighted by molar-refractivity contribution is 6.30. The van der Waals surface area contributed by atoms with Crippen LogP contribution in [0, 0.1) is 0 Å². The average molecular weight is 330 g/mol. The number of piperidine rings is 1. The number of nitrogens with one attached hydrogen (secondary N) is 1. The van der Waals surface area contributed by atoms with Gasteiger partial charge in [0, 0.05) is 35.8 Å². The number of halogens is 1. The first kappa shape index (κ1) is 15.8. The van der Waals surface area contributed by atoms with Crippen molar-refractivity contribution in [3.63, 3.8) is 0 Å². The van der Waals surface area contributed by atoms with Crippen molar-refractivity contribution >= 4 is 23.3 Å². The molecule has 2 aromatic carbocycles. The molecule has 2 atom stereocenters. The predicted molar refractivity (Wildman–Crippen MR) is 93.8 cm³/mol. The molecule has 3 N–H and O–H groups in total. The van der Waals surface area contributed by atoms with Crippen LogP contribution in [0.2, 0.25) is 5.02 Å². The molecular formula is C18H20ClN3O. The van der Waals surface area contributed by atoms with E-state index in [4.69, 9.17) is 17.3 Å². The predicted octanol–water partition coefficient (Wildman–Crippen LogP) is 3.69. The number of benzene rings is 2. The van der Waals surface area contributed by atoms with Crippen molar-refractivity contribution in [3.8, 4) is 0 Å². The molecule has 1 heterocycles. The van der Waals surface area contributed by atoms with E-state index in [1.807, 2.05) is 54.6 Å². The highest BCUT2D eigenvalue weighted by Crippen LogP contribution is 2.27. The summed E-state index contributed by atoms with van der Waals surface area (Å²) in [4.78, 5) is 14.3. The summed E-state index contributed by atoms with van der Waals surface area (Å²) in [6.45, 7) is 1.23. The number of nitrogens with two attached hydrogens (primary N) is 1. The zero-order valence-electron chi connectivity index (χ0n) is 12.8. The van der Waals surface area contributed by atoms with Crippen molar-refractivity contribution in [2.75, 3.05) is 18.4 Å². The summed E-state index contributed by atoms with van der Waals surface area (Å²) in [5.41, 5.74) is 8.13. The zero-order chi connectivity index (χ0) is 16.2. The molecule has 23 heavy (non-hydrogen) atoms. The van der Waals surface area contributed by atoms with E-state index in [0.29, 0.717) is 18.1 Å². The zero-order valence-corrected chi connectivity index (χ0v) is 13.5. The molecule has 1 aliphatic rings. The molecule has 0 bridgehead atoms. The second-order valence-electron chi connectivity index (χ2n) is 5.95. The van der Waals surface area contributed by atoms with Gasteiger partial charge in [-0.15, -0.1) is 0 Å². The molecule has 0 saturated carbocycles. The highest BCUT2D eigenvalue weighted by Gasteiger charge is 2.29. The van der Waals surface area contributed by atoms with Crippen LogP contribution >= 0.6 is 11.6 Å². The van der Waals surface area contributed by atoms with Gasteiger partial charge >= 0.3 is 6.03 Å². The third-order valence-electron chi connectivity index (χ3n) is 4.14. The number of hydrogen-bond donors (Lipinski definition) is 2. The third kappa shape index (κ3) is 4.03. The lowest BCUT2D eigenvalue weighted by molar-refractivity contribution is 0.184. The van der Waals surface area contributed by atoms with E-state index in [-0.39, 0.29) is 18.0 Å². The molecule has 2 aromatic rings. The molecule has 0 radical (unpaired) electrons. The molecule has 0 spiro atoms. The SMILES string of the molecule is NC1CC(c2ccc(Cl)cc2)CN(C(=O)Nc2ccccc2)C1. The standard InChI is InChI=1S/C18H20ClN3O/c19-15-8-6-13(7-9-15)14-10-16(20)12-22(11-14)18(23)21-17-4-2-1-3-5-17/h1-9,14,16H,10-12,20H2,(H,21,23). The van der Waals surface area contributed by atoms with Gasteiger partial charge in [0.2, 0.25) is 0 Å². The van der Waals surface area contributed by atoms with Gasteiger partial charge in [0.15, 0.2) is 0 Å². The van der Waals surface area contributed by atoms with Crippen LogP contribution in [0.4, 0.5) is 10.5 Å². The van der Waals surface area contributed by atoms with Crippen LogP contribution in [0.1, 0.15) is 17.9 Å². The molecule has 1 aliphatic heterocycles. The topological polar surface area (TPSA) is 58.4 Å². The highest BCUT2D eigenvalue weighted by atomic mass is 35.5. The van der Waals surface area contributed by atoms with Crippen LogP contribution in [0.5, 0.6) is 0 Å². The summed E-state index contributed by atoms with van der Waals surface area (Å²) in [6.07, 6.45) is 0.872. The molecule has 0 aliphatic carbocycles. The number of anilines is 1. The third-order valence-corrected chi connectivity index (χ3v) is 4.39. The van der Waals surface area contributed by atoms with Crippen LogP contribution in [0.3, 0.4) is 0 Å². The Kier molecular flexibility index (Phi) is 4.84. The Balaban J connectivity index is 1.70. The van der Waals surface area contributed by atoms with Gasteiger partial charge in [0.1, 0.15) is 0 Å². The molecule has 1 fully saturated rings. The Hall–Kier alpha value is -2.04. The lowest BCUT2D eigenvalue weighted by atomic mass is 9.88. The number of nitrogens with zero attached hydrogens (tertiary/aromatic N) is 1. The maximum atomic E-state index is 12.5. The summed E-state index contributed by atoms with van der Waals surface area (Å²) in [7, 11) is 0. The fourth-order valence-corrected chi connectivity index (χ4v) is 3.13. The Labute approximate surface area is 141 Å². The average Bonchev–Trinajstić information content (AvgIpc) is 2.56. The van der Waals surface area contributed by atoms with E-state index in [0.717, 1.165) is 12.1 Å². The van der Waals surface area contributed by atoms with Gasteiger partial charge in [-0.25, -0.2) is 4.79 Å². The van der Waals surface area contributed by atoms with Crippen LogP contribution < -0.4 is 11.1 Å². The monoisotopic (exact) mass is 329 g/mol. The van der Waals surface area contributed by atoms with Gasteiger partial charge in [-0.05, 0) is 36.2 Å². The van der Waals surface area contributed by atoms with E-state index in [1.54, 1.807) is 4.90 Å². The van der Waals surface area contributed by atoms with Crippen molar-refractivity contribution in [2.45, 2.75) is 18.4 Å². The summed E-state index contributed by atoms with van der Waals surface area (Å²) in [6, 6.07) is 17.1. The number of likely N-dealkylation sites (tertiary alicyclic amines) is 1. The molecule has 1 saturated heterocycles. The second kappa shape index (κ2) is 7.02. The van der Waals surface area contributed by atoms with Crippen LogP contribution in [0.25, 0.3) is 0 Å². The second-order valence-corrected chi connectivity index (χ2v) is 6.38. The van der Waals surface area contributed by atoms with Gasteiger partial charge < -0.3 is 16.0 Å². The first-order valence-electron chi connectivity index (χ1n) is 7.74. The van der Waals surface area contributed by atoms with E-state index in [2.05, 4.69) is 5.32 Å². The normalized spacial score (nSPS) is 21.0. The summed E-state index contributed by atoms with van der Waals surface area (Å²) < 4.78 is 0. The Bertz CT molecular complexity index is 660. The Morgan fingerprint density at radius 2 is 1.78 bits per heavy atom. The molecule has 2 amide bonds. The fraction of sp³-hybridized carbons (Fsp3) is 0.278. The van der Waals surface area contributed by atoms with Crippen molar-refractivity contribution < 1.29 is 4.79 Å². The Morgan fingerprint density at radius 3 is 2.48 bits per heavy atom.